The van der Waals surface area contributed by atoms with E-state index in [0.29, 0.717) is 30.5 Å². The summed E-state index contributed by atoms with van der Waals surface area (Å²) in [4.78, 5) is 11.9. The molecule has 2 atom stereocenters. The molecule has 0 radical (unpaired) electrons. The average molecular weight is 324 g/mol. The largest absolute Gasteiger partial charge is 0.351 e. The number of sulfonamides is 1. The standard InChI is InChI=1S/C16H24N2O3S/c1-13-10-14(2)12-18(11-13)22(20,21)9-8-17-16(19)15-6-4-3-5-7-15/h3-7,13-14H,8-12H2,1-2H3,(H,17,19)/t13-,14+. The van der Waals surface area contributed by atoms with Crippen LogP contribution < -0.4 is 5.32 Å². The van der Waals surface area contributed by atoms with E-state index in [4.69, 9.17) is 0 Å². The van der Waals surface area contributed by atoms with Gasteiger partial charge in [0.15, 0.2) is 0 Å². The highest BCUT2D eigenvalue weighted by molar-refractivity contribution is 7.89. The van der Waals surface area contributed by atoms with E-state index in [-0.39, 0.29) is 18.2 Å². The molecule has 2 rings (SSSR count). The zero-order chi connectivity index (χ0) is 16.2. The molecule has 5 nitrogen and oxygen atoms in total. The van der Waals surface area contributed by atoms with Gasteiger partial charge in [0.25, 0.3) is 5.91 Å². The van der Waals surface area contributed by atoms with Gasteiger partial charge in [0.2, 0.25) is 10.0 Å². The van der Waals surface area contributed by atoms with Crippen LogP contribution in [0.15, 0.2) is 30.3 Å². The van der Waals surface area contributed by atoms with Crippen LogP contribution in [-0.2, 0) is 10.0 Å². The van der Waals surface area contributed by atoms with Gasteiger partial charge in [-0.15, -0.1) is 0 Å². The summed E-state index contributed by atoms with van der Waals surface area (Å²) < 4.78 is 26.3. The number of nitrogens with zero attached hydrogens (tertiary/aromatic N) is 1. The first kappa shape index (κ1) is 17.0. The Labute approximate surface area is 132 Å². The SMILES string of the molecule is C[C@@H]1C[C@H](C)CN(S(=O)(=O)CCNC(=O)c2ccccc2)C1. The molecule has 1 aliphatic rings. The van der Waals surface area contributed by atoms with Gasteiger partial charge < -0.3 is 5.32 Å². The third-order valence-corrected chi connectivity index (χ3v) is 5.72. The minimum atomic E-state index is -3.31. The van der Waals surface area contributed by atoms with E-state index in [2.05, 4.69) is 19.2 Å². The summed E-state index contributed by atoms with van der Waals surface area (Å²) in [5.74, 6) is 0.483. The first-order chi connectivity index (χ1) is 10.4. The minimum absolute atomic E-state index is 0.0506. The molecule has 1 aromatic rings. The third-order valence-electron chi connectivity index (χ3n) is 3.91. The molecule has 1 heterocycles. The van der Waals surface area contributed by atoms with Crippen molar-refractivity contribution in [3.05, 3.63) is 35.9 Å². The molecular weight excluding hydrogens is 300 g/mol. The fourth-order valence-electron chi connectivity index (χ4n) is 2.95. The van der Waals surface area contributed by atoms with Gasteiger partial charge in [-0.1, -0.05) is 32.0 Å². The maximum Gasteiger partial charge on any atom is 0.251 e. The van der Waals surface area contributed by atoms with Crippen molar-refractivity contribution in [2.45, 2.75) is 20.3 Å². The van der Waals surface area contributed by atoms with Gasteiger partial charge in [0.1, 0.15) is 0 Å². The van der Waals surface area contributed by atoms with E-state index >= 15 is 0 Å². The lowest BCUT2D eigenvalue weighted by Gasteiger charge is -2.34. The van der Waals surface area contributed by atoms with Crippen molar-refractivity contribution in [1.29, 1.82) is 0 Å². The zero-order valence-electron chi connectivity index (χ0n) is 13.2. The third kappa shape index (κ3) is 4.55. The molecule has 1 saturated heterocycles. The molecule has 1 aliphatic heterocycles. The normalized spacial score (nSPS) is 23.2. The lowest BCUT2D eigenvalue weighted by molar-refractivity contribution is 0.0956. The molecular formula is C16H24N2O3S. The van der Waals surface area contributed by atoms with Crippen molar-refractivity contribution < 1.29 is 13.2 Å². The number of nitrogens with one attached hydrogen (secondary N) is 1. The van der Waals surface area contributed by atoms with Crippen LogP contribution in [0.4, 0.5) is 0 Å². The lowest BCUT2D eigenvalue weighted by atomic mass is 9.94. The molecule has 0 bridgehead atoms. The monoisotopic (exact) mass is 324 g/mol. The summed E-state index contributed by atoms with van der Waals surface area (Å²) >= 11 is 0. The van der Waals surface area contributed by atoms with E-state index in [1.54, 1.807) is 28.6 Å². The summed E-state index contributed by atoms with van der Waals surface area (Å²) in [5.41, 5.74) is 0.542. The Morgan fingerprint density at radius 2 is 1.77 bits per heavy atom. The summed E-state index contributed by atoms with van der Waals surface area (Å²) in [5, 5.41) is 2.67. The van der Waals surface area contributed by atoms with Crippen molar-refractivity contribution in [1.82, 2.24) is 9.62 Å². The second-order valence-corrected chi connectivity index (χ2v) is 8.29. The molecule has 0 spiro atoms. The Morgan fingerprint density at radius 1 is 1.18 bits per heavy atom. The van der Waals surface area contributed by atoms with Gasteiger partial charge in [-0.3, -0.25) is 4.79 Å². The molecule has 0 saturated carbocycles. The topological polar surface area (TPSA) is 66.5 Å². The highest BCUT2D eigenvalue weighted by atomic mass is 32.2. The maximum atomic E-state index is 12.4. The van der Waals surface area contributed by atoms with Gasteiger partial charge >= 0.3 is 0 Å². The van der Waals surface area contributed by atoms with Gasteiger partial charge in [0, 0.05) is 25.2 Å². The predicted molar refractivity (Wildman–Crippen MR) is 87.1 cm³/mol. The van der Waals surface area contributed by atoms with Crippen LogP contribution in [0.2, 0.25) is 0 Å². The second kappa shape index (κ2) is 7.24. The molecule has 22 heavy (non-hydrogen) atoms. The first-order valence-electron chi connectivity index (χ1n) is 7.69. The Hall–Kier alpha value is -1.40. The summed E-state index contributed by atoms with van der Waals surface area (Å²) in [6.07, 6.45) is 1.07. The van der Waals surface area contributed by atoms with Crippen molar-refractivity contribution >= 4 is 15.9 Å². The van der Waals surface area contributed by atoms with Crippen molar-refractivity contribution in [2.75, 3.05) is 25.4 Å². The van der Waals surface area contributed by atoms with E-state index in [1.807, 2.05) is 6.07 Å². The summed E-state index contributed by atoms with van der Waals surface area (Å²) in [6.45, 7) is 5.46. The van der Waals surface area contributed by atoms with Crippen molar-refractivity contribution in [3.8, 4) is 0 Å². The van der Waals surface area contributed by atoms with E-state index < -0.39 is 10.0 Å². The predicted octanol–water partition coefficient (Wildman–Crippen LogP) is 1.72. The smallest absolute Gasteiger partial charge is 0.251 e. The van der Waals surface area contributed by atoms with Crippen LogP contribution in [-0.4, -0.2) is 44.0 Å². The molecule has 6 heteroatoms. The van der Waals surface area contributed by atoms with E-state index in [1.165, 1.54) is 0 Å². The van der Waals surface area contributed by atoms with Crippen LogP contribution in [0.3, 0.4) is 0 Å². The Balaban J connectivity index is 1.86. The Kier molecular flexibility index (Phi) is 5.58. The molecule has 1 aromatic carbocycles. The van der Waals surface area contributed by atoms with Crippen molar-refractivity contribution in [3.63, 3.8) is 0 Å². The Morgan fingerprint density at radius 3 is 2.36 bits per heavy atom. The quantitative estimate of drug-likeness (QED) is 0.897. The molecule has 1 fully saturated rings. The van der Waals surface area contributed by atoms with Crippen LogP contribution in [0.1, 0.15) is 30.6 Å². The summed E-state index contributed by atoms with van der Waals surface area (Å²) in [7, 11) is -3.31. The molecule has 1 amide bonds. The fourth-order valence-corrected chi connectivity index (χ4v) is 4.53. The molecule has 122 valence electrons. The zero-order valence-corrected chi connectivity index (χ0v) is 14.0. The van der Waals surface area contributed by atoms with E-state index in [9.17, 15) is 13.2 Å². The van der Waals surface area contributed by atoms with Gasteiger partial charge in [-0.25, -0.2) is 12.7 Å². The summed E-state index contributed by atoms with van der Waals surface area (Å²) in [6, 6.07) is 8.81. The first-order valence-corrected chi connectivity index (χ1v) is 9.30. The number of amides is 1. The van der Waals surface area contributed by atoms with Gasteiger partial charge in [0.05, 0.1) is 5.75 Å². The average Bonchev–Trinajstić information content (AvgIpc) is 2.47. The van der Waals surface area contributed by atoms with Crippen molar-refractivity contribution in [2.24, 2.45) is 11.8 Å². The molecule has 1 N–H and O–H groups in total. The minimum Gasteiger partial charge on any atom is -0.351 e. The maximum absolute atomic E-state index is 12.4. The molecule has 0 aromatic heterocycles. The lowest BCUT2D eigenvalue weighted by Crippen LogP contribution is -2.45. The van der Waals surface area contributed by atoms with Crippen LogP contribution in [0.5, 0.6) is 0 Å². The number of hydrogen-bond acceptors (Lipinski definition) is 3. The number of piperidine rings is 1. The number of hydrogen-bond donors (Lipinski definition) is 1. The molecule has 0 unspecified atom stereocenters. The Bertz CT molecular complexity index is 591. The van der Waals surface area contributed by atoms with Crippen LogP contribution >= 0.6 is 0 Å². The molecule has 0 aliphatic carbocycles. The number of carbonyl (C=O) groups excluding carboxylic acids is 1. The highest BCUT2D eigenvalue weighted by Crippen LogP contribution is 2.23. The number of rotatable bonds is 5. The highest BCUT2D eigenvalue weighted by Gasteiger charge is 2.30. The van der Waals surface area contributed by atoms with Gasteiger partial charge in [-0.05, 0) is 30.4 Å². The second-order valence-electron chi connectivity index (χ2n) is 6.20. The van der Waals surface area contributed by atoms with E-state index in [0.717, 1.165) is 6.42 Å². The van der Waals surface area contributed by atoms with Crippen LogP contribution in [0.25, 0.3) is 0 Å². The van der Waals surface area contributed by atoms with Crippen LogP contribution in [0, 0.1) is 11.8 Å². The number of benzene rings is 1. The fraction of sp³-hybridized carbons (Fsp3) is 0.562. The van der Waals surface area contributed by atoms with Gasteiger partial charge in [-0.2, -0.15) is 0 Å². The number of carbonyl (C=O) groups is 1.